The van der Waals surface area contributed by atoms with Crippen LogP contribution in [-0.4, -0.2) is 29.3 Å². The molecule has 1 N–H and O–H groups in total. The van der Waals surface area contributed by atoms with Crippen LogP contribution >= 0.6 is 0 Å². The van der Waals surface area contributed by atoms with Crippen molar-refractivity contribution in [3.8, 4) is 5.75 Å². The number of hydrogen-bond donors (Lipinski definition) is 1. The summed E-state index contributed by atoms with van der Waals surface area (Å²) in [6.45, 7) is 0.462. The van der Waals surface area contributed by atoms with Crippen molar-refractivity contribution in [1.82, 2.24) is 4.90 Å². The van der Waals surface area contributed by atoms with Gasteiger partial charge in [0.25, 0.3) is 0 Å². The van der Waals surface area contributed by atoms with Gasteiger partial charge in [-0.1, -0.05) is 12.1 Å². The number of hydrogen-bond acceptors (Lipinski definition) is 3. The number of likely N-dealkylation sites (tertiary alicyclic amines) is 1. The second kappa shape index (κ2) is 5.19. The van der Waals surface area contributed by atoms with Crippen LogP contribution in [0.15, 0.2) is 24.3 Å². The summed E-state index contributed by atoms with van der Waals surface area (Å²) >= 11 is 0. The van der Waals surface area contributed by atoms with Crippen molar-refractivity contribution in [3.63, 3.8) is 0 Å². The summed E-state index contributed by atoms with van der Waals surface area (Å²) in [7, 11) is 1.62. The summed E-state index contributed by atoms with van der Waals surface area (Å²) in [5, 5.41) is 9.78. The predicted octanol–water partition coefficient (Wildman–Crippen LogP) is 1.53. The Hall–Kier alpha value is -1.55. The molecule has 0 aromatic heterocycles. The van der Waals surface area contributed by atoms with Crippen molar-refractivity contribution in [2.75, 3.05) is 7.11 Å². The van der Waals surface area contributed by atoms with Crippen LogP contribution in [0.1, 0.15) is 24.8 Å². The van der Waals surface area contributed by atoms with Crippen molar-refractivity contribution in [2.45, 2.75) is 32.0 Å². The van der Waals surface area contributed by atoms with E-state index in [1.54, 1.807) is 7.11 Å². The minimum Gasteiger partial charge on any atom is -0.497 e. The topological polar surface area (TPSA) is 49.8 Å². The lowest BCUT2D eigenvalue weighted by Crippen LogP contribution is -2.42. The average Bonchev–Trinajstić information content (AvgIpc) is 2.35. The van der Waals surface area contributed by atoms with Crippen molar-refractivity contribution < 1.29 is 14.6 Å². The van der Waals surface area contributed by atoms with Gasteiger partial charge in [-0.2, -0.15) is 0 Å². The summed E-state index contributed by atoms with van der Waals surface area (Å²) < 4.78 is 5.07. The Balaban J connectivity index is 2.05. The average molecular weight is 235 g/mol. The van der Waals surface area contributed by atoms with Crippen LogP contribution in [0.5, 0.6) is 5.75 Å². The number of ether oxygens (including phenoxy) is 1. The van der Waals surface area contributed by atoms with E-state index in [2.05, 4.69) is 0 Å². The molecule has 4 nitrogen and oxygen atoms in total. The van der Waals surface area contributed by atoms with E-state index >= 15 is 0 Å². The molecule has 2 rings (SSSR count). The maximum absolute atomic E-state index is 11.7. The number of amides is 1. The van der Waals surface area contributed by atoms with E-state index < -0.39 is 6.23 Å². The zero-order valence-electron chi connectivity index (χ0n) is 9.93. The molecule has 1 aromatic carbocycles. The lowest BCUT2D eigenvalue weighted by atomic mass is 10.1. The highest BCUT2D eigenvalue weighted by Crippen LogP contribution is 2.20. The first-order valence-electron chi connectivity index (χ1n) is 5.81. The first kappa shape index (κ1) is 11.9. The van der Waals surface area contributed by atoms with E-state index in [1.165, 1.54) is 4.90 Å². The Bertz CT molecular complexity index is 388. The van der Waals surface area contributed by atoms with Gasteiger partial charge in [0.2, 0.25) is 5.91 Å². The Labute approximate surface area is 101 Å². The van der Waals surface area contributed by atoms with E-state index in [-0.39, 0.29) is 5.91 Å². The molecule has 1 heterocycles. The summed E-state index contributed by atoms with van der Waals surface area (Å²) in [6, 6.07) is 7.53. The minimum absolute atomic E-state index is 0.0274. The third kappa shape index (κ3) is 2.77. The smallest absolute Gasteiger partial charge is 0.224 e. The summed E-state index contributed by atoms with van der Waals surface area (Å²) in [5.41, 5.74) is 1.00. The van der Waals surface area contributed by atoms with Crippen molar-refractivity contribution in [2.24, 2.45) is 0 Å². The van der Waals surface area contributed by atoms with Crippen LogP contribution < -0.4 is 4.74 Å². The quantitative estimate of drug-likeness (QED) is 0.864. The maximum atomic E-state index is 11.7. The molecule has 1 atom stereocenters. The lowest BCUT2D eigenvalue weighted by molar-refractivity contribution is -0.147. The lowest BCUT2D eigenvalue weighted by Gasteiger charge is -2.32. The van der Waals surface area contributed by atoms with Crippen LogP contribution in [0.4, 0.5) is 0 Å². The molecular weight excluding hydrogens is 218 g/mol. The number of methoxy groups -OCH3 is 1. The second-order valence-electron chi connectivity index (χ2n) is 4.24. The molecule has 1 aliphatic heterocycles. The molecule has 1 saturated heterocycles. The number of benzene rings is 1. The molecule has 1 unspecified atom stereocenters. The van der Waals surface area contributed by atoms with Gasteiger partial charge in [-0.15, -0.1) is 0 Å². The zero-order chi connectivity index (χ0) is 12.3. The molecule has 92 valence electrons. The van der Waals surface area contributed by atoms with Crippen molar-refractivity contribution in [1.29, 1.82) is 0 Å². The first-order chi connectivity index (χ1) is 8.20. The molecule has 4 heteroatoms. The largest absolute Gasteiger partial charge is 0.497 e. The number of nitrogens with zero attached hydrogens (tertiary/aromatic N) is 1. The van der Waals surface area contributed by atoms with E-state index in [0.29, 0.717) is 19.4 Å². The third-order valence-electron chi connectivity index (χ3n) is 3.05. The summed E-state index contributed by atoms with van der Waals surface area (Å²) in [4.78, 5) is 13.2. The normalized spacial score (nSPS) is 20.5. The van der Waals surface area contributed by atoms with Crippen molar-refractivity contribution >= 4 is 5.91 Å². The van der Waals surface area contributed by atoms with E-state index in [0.717, 1.165) is 17.7 Å². The van der Waals surface area contributed by atoms with Gasteiger partial charge in [-0.3, -0.25) is 4.79 Å². The molecule has 0 aliphatic carbocycles. The van der Waals surface area contributed by atoms with Crippen LogP contribution in [0.2, 0.25) is 0 Å². The third-order valence-corrected chi connectivity index (χ3v) is 3.05. The van der Waals surface area contributed by atoms with E-state index in [9.17, 15) is 9.90 Å². The fourth-order valence-electron chi connectivity index (χ4n) is 2.02. The standard InChI is InChI=1S/C13H17NO3/c1-17-11-7-5-10(6-8-11)9-14-12(15)3-2-4-13(14)16/h5-8,12,15H,2-4,9H2,1H3. The Morgan fingerprint density at radius 3 is 2.71 bits per heavy atom. The minimum atomic E-state index is -0.640. The molecule has 1 aliphatic rings. The molecular formula is C13H17NO3. The van der Waals surface area contributed by atoms with Gasteiger partial charge in [-0.25, -0.2) is 0 Å². The molecule has 17 heavy (non-hydrogen) atoms. The van der Waals surface area contributed by atoms with Crippen molar-refractivity contribution in [3.05, 3.63) is 29.8 Å². The Morgan fingerprint density at radius 1 is 1.41 bits per heavy atom. The second-order valence-corrected chi connectivity index (χ2v) is 4.24. The fraction of sp³-hybridized carbons (Fsp3) is 0.462. The number of carbonyl (C=O) groups is 1. The van der Waals surface area contributed by atoms with Gasteiger partial charge in [0.15, 0.2) is 0 Å². The Morgan fingerprint density at radius 2 is 2.12 bits per heavy atom. The van der Waals surface area contributed by atoms with Gasteiger partial charge in [0, 0.05) is 13.0 Å². The highest BCUT2D eigenvalue weighted by molar-refractivity contribution is 5.77. The van der Waals surface area contributed by atoms with Gasteiger partial charge < -0.3 is 14.7 Å². The molecule has 0 saturated carbocycles. The monoisotopic (exact) mass is 235 g/mol. The predicted molar refractivity (Wildman–Crippen MR) is 63.4 cm³/mol. The highest BCUT2D eigenvalue weighted by Gasteiger charge is 2.25. The number of piperidine rings is 1. The molecule has 1 aromatic rings. The molecule has 0 radical (unpaired) electrons. The van der Waals surface area contributed by atoms with Crippen LogP contribution in [0.25, 0.3) is 0 Å². The number of aliphatic hydroxyl groups is 1. The zero-order valence-corrected chi connectivity index (χ0v) is 9.93. The number of aliphatic hydroxyl groups excluding tert-OH is 1. The van der Waals surface area contributed by atoms with Crippen LogP contribution in [-0.2, 0) is 11.3 Å². The molecule has 0 bridgehead atoms. The van der Waals surface area contributed by atoms with Gasteiger partial charge in [0.1, 0.15) is 12.0 Å². The van der Waals surface area contributed by atoms with Gasteiger partial charge in [-0.05, 0) is 30.5 Å². The van der Waals surface area contributed by atoms with Crippen LogP contribution in [0, 0.1) is 0 Å². The van der Waals surface area contributed by atoms with E-state index in [4.69, 9.17) is 4.74 Å². The highest BCUT2D eigenvalue weighted by atomic mass is 16.5. The van der Waals surface area contributed by atoms with Crippen LogP contribution in [0.3, 0.4) is 0 Å². The van der Waals surface area contributed by atoms with Gasteiger partial charge >= 0.3 is 0 Å². The Kier molecular flexibility index (Phi) is 3.64. The van der Waals surface area contributed by atoms with Gasteiger partial charge in [0.05, 0.1) is 7.11 Å². The molecule has 1 fully saturated rings. The summed E-state index contributed by atoms with van der Waals surface area (Å²) in [5.74, 6) is 0.818. The SMILES string of the molecule is COc1ccc(CN2C(=O)CCCC2O)cc1. The number of carbonyl (C=O) groups excluding carboxylic acids is 1. The first-order valence-corrected chi connectivity index (χ1v) is 5.81. The summed E-state index contributed by atoms with van der Waals surface area (Å²) in [6.07, 6.45) is 1.34. The number of rotatable bonds is 3. The molecule has 1 amide bonds. The van der Waals surface area contributed by atoms with E-state index in [1.807, 2.05) is 24.3 Å². The fourth-order valence-corrected chi connectivity index (χ4v) is 2.02. The molecule has 0 spiro atoms. The maximum Gasteiger partial charge on any atom is 0.224 e.